The summed E-state index contributed by atoms with van der Waals surface area (Å²) in [6.45, 7) is 0. The quantitative estimate of drug-likeness (QED) is 0.191. The van der Waals surface area contributed by atoms with Gasteiger partial charge in [-0.15, -0.1) is 0 Å². The summed E-state index contributed by atoms with van der Waals surface area (Å²) in [4.78, 5) is 16.4. The first-order valence-corrected chi connectivity index (χ1v) is 11.7. The summed E-state index contributed by atoms with van der Waals surface area (Å²) in [5.74, 6) is 0.782. The molecule has 0 spiro atoms. The lowest BCUT2D eigenvalue weighted by atomic mass is 10.00. The van der Waals surface area contributed by atoms with Gasteiger partial charge in [0.15, 0.2) is 0 Å². The van der Waals surface area contributed by atoms with Crippen LogP contribution in [0, 0.1) is 10.1 Å². The first-order chi connectivity index (χ1) is 17.7. The van der Waals surface area contributed by atoms with E-state index in [2.05, 4.69) is 36.4 Å². The Kier molecular flexibility index (Phi) is 5.35. The summed E-state index contributed by atoms with van der Waals surface area (Å²) in [6.07, 6.45) is 1.98. The fourth-order valence-corrected chi connectivity index (χ4v) is 4.66. The lowest BCUT2D eigenvalue weighted by Crippen LogP contribution is -1.99. The SMILES string of the molecule is O=[N+]([O-])c1ccccc1-c1cccc2c1ccn2-c1cc(-c2ccccc2)cc(-c2ccccc2)n1. The van der Waals surface area contributed by atoms with Gasteiger partial charge in [0, 0.05) is 23.2 Å². The summed E-state index contributed by atoms with van der Waals surface area (Å²) in [5.41, 5.74) is 6.53. The van der Waals surface area contributed by atoms with Gasteiger partial charge in [-0.05, 0) is 47.0 Å². The predicted octanol–water partition coefficient (Wildman–Crippen LogP) is 7.93. The molecule has 0 aliphatic carbocycles. The molecule has 0 unspecified atom stereocenters. The Morgan fingerprint density at radius 2 is 1.31 bits per heavy atom. The summed E-state index contributed by atoms with van der Waals surface area (Å²) in [7, 11) is 0. The Labute approximate surface area is 208 Å². The number of benzene rings is 4. The van der Waals surface area contributed by atoms with Crippen LogP contribution in [0.1, 0.15) is 0 Å². The Morgan fingerprint density at radius 3 is 2.06 bits per heavy atom. The van der Waals surface area contributed by atoms with Crippen LogP contribution in [0.3, 0.4) is 0 Å². The maximum Gasteiger partial charge on any atom is 0.277 e. The molecule has 36 heavy (non-hydrogen) atoms. The van der Waals surface area contributed by atoms with Crippen molar-refractivity contribution in [2.75, 3.05) is 0 Å². The summed E-state index contributed by atoms with van der Waals surface area (Å²) < 4.78 is 2.05. The minimum Gasteiger partial charge on any atom is -0.301 e. The van der Waals surface area contributed by atoms with Crippen molar-refractivity contribution in [3.63, 3.8) is 0 Å². The van der Waals surface area contributed by atoms with Gasteiger partial charge in [-0.25, -0.2) is 4.98 Å². The first kappa shape index (κ1) is 21.5. The zero-order valence-corrected chi connectivity index (χ0v) is 19.3. The largest absolute Gasteiger partial charge is 0.301 e. The van der Waals surface area contributed by atoms with E-state index in [1.54, 1.807) is 18.2 Å². The van der Waals surface area contributed by atoms with E-state index in [4.69, 9.17) is 4.98 Å². The molecule has 5 nitrogen and oxygen atoms in total. The number of fused-ring (bicyclic) bond motifs is 1. The van der Waals surface area contributed by atoms with Crippen LogP contribution in [-0.4, -0.2) is 14.5 Å². The van der Waals surface area contributed by atoms with Gasteiger partial charge in [0.2, 0.25) is 0 Å². The molecule has 2 aromatic heterocycles. The van der Waals surface area contributed by atoms with E-state index in [0.717, 1.165) is 44.7 Å². The fraction of sp³-hybridized carbons (Fsp3) is 0. The molecule has 0 bridgehead atoms. The van der Waals surface area contributed by atoms with E-state index in [0.29, 0.717) is 5.56 Å². The molecule has 5 heteroatoms. The van der Waals surface area contributed by atoms with Crippen molar-refractivity contribution in [2.45, 2.75) is 0 Å². The second-order valence-corrected chi connectivity index (χ2v) is 8.53. The topological polar surface area (TPSA) is 61.0 Å². The van der Waals surface area contributed by atoms with Gasteiger partial charge in [-0.2, -0.15) is 0 Å². The lowest BCUT2D eigenvalue weighted by molar-refractivity contribution is -0.384. The molecule has 0 saturated carbocycles. The molecule has 0 N–H and O–H groups in total. The van der Waals surface area contributed by atoms with Crippen LogP contribution < -0.4 is 0 Å². The van der Waals surface area contributed by atoms with Gasteiger partial charge < -0.3 is 4.57 Å². The molecule has 4 aromatic carbocycles. The second kappa shape index (κ2) is 8.96. The maximum atomic E-state index is 11.7. The number of rotatable bonds is 5. The van der Waals surface area contributed by atoms with Gasteiger partial charge in [-0.1, -0.05) is 84.9 Å². The van der Waals surface area contributed by atoms with E-state index in [-0.39, 0.29) is 10.6 Å². The number of pyridine rings is 1. The highest BCUT2D eigenvalue weighted by Gasteiger charge is 2.18. The van der Waals surface area contributed by atoms with E-state index >= 15 is 0 Å². The average molecular weight is 468 g/mol. The summed E-state index contributed by atoms with van der Waals surface area (Å²) >= 11 is 0. The molecule has 0 atom stereocenters. The summed E-state index contributed by atoms with van der Waals surface area (Å²) in [6, 6.07) is 39.3. The first-order valence-electron chi connectivity index (χ1n) is 11.7. The molecule has 0 fully saturated rings. The van der Waals surface area contributed by atoms with Crippen LogP contribution in [-0.2, 0) is 0 Å². The molecule has 0 amide bonds. The number of hydrogen-bond acceptors (Lipinski definition) is 3. The third-order valence-electron chi connectivity index (χ3n) is 6.36. The van der Waals surface area contributed by atoms with Crippen molar-refractivity contribution in [2.24, 2.45) is 0 Å². The van der Waals surface area contributed by atoms with Crippen molar-refractivity contribution in [3.05, 3.63) is 138 Å². The zero-order valence-electron chi connectivity index (χ0n) is 19.3. The highest BCUT2D eigenvalue weighted by atomic mass is 16.6. The second-order valence-electron chi connectivity index (χ2n) is 8.53. The molecule has 0 aliphatic heterocycles. The molecule has 172 valence electrons. The maximum absolute atomic E-state index is 11.7. The van der Waals surface area contributed by atoms with Crippen LogP contribution in [0.15, 0.2) is 128 Å². The van der Waals surface area contributed by atoms with Crippen molar-refractivity contribution in [3.8, 4) is 39.3 Å². The molecule has 2 heterocycles. The molecule has 0 aliphatic rings. The monoisotopic (exact) mass is 467 g/mol. The minimum atomic E-state index is -0.331. The number of nitro groups is 1. The number of aromatic nitrogens is 2. The van der Waals surface area contributed by atoms with Gasteiger partial charge in [-0.3, -0.25) is 10.1 Å². The highest BCUT2D eigenvalue weighted by molar-refractivity contribution is 5.98. The van der Waals surface area contributed by atoms with E-state index < -0.39 is 0 Å². The molecule has 0 radical (unpaired) electrons. The third kappa shape index (κ3) is 3.83. The van der Waals surface area contributed by atoms with E-state index in [1.165, 1.54) is 0 Å². The van der Waals surface area contributed by atoms with Crippen LogP contribution in [0.25, 0.3) is 50.2 Å². The molecule has 0 saturated heterocycles. The van der Waals surface area contributed by atoms with Crippen LogP contribution in [0.4, 0.5) is 5.69 Å². The van der Waals surface area contributed by atoms with Gasteiger partial charge in [0.05, 0.1) is 21.7 Å². The smallest absolute Gasteiger partial charge is 0.277 e. The number of nitrogens with zero attached hydrogens (tertiary/aromatic N) is 3. The third-order valence-corrected chi connectivity index (χ3v) is 6.36. The molecular weight excluding hydrogens is 446 g/mol. The minimum absolute atomic E-state index is 0.0910. The average Bonchev–Trinajstić information content (AvgIpc) is 3.38. The standard InChI is InChI=1S/C31H21N3O2/c35-34(36)30-16-8-7-14-26(30)25-15-9-17-29-27(25)18-19-33(29)31-21-24(22-10-3-1-4-11-22)20-28(32-31)23-12-5-2-6-13-23/h1-21H. The molecule has 6 rings (SSSR count). The Balaban J connectivity index is 1.56. The van der Waals surface area contributed by atoms with E-state index in [9.17, 15) is 10.1 Å². The van der Waals surface area contributed by atoms with Crippen LogP contribution >= 0.6 is 0 Å². The number of hydrogen-bond donors (Lipinski definition) is 0. The predicted molar refractivity (Wildman–Crippen MR) is 144 cm³/mol. The van der Waals surface area contributed by atoms with Crippen molar-refractivity contribution >= 4 is 16.6 Å². The van der Waals surface area contributed by atoms with E-state index in [1.807, 2.05) is 77.5 Å². The van der Waals surface area contributed by atoms with Crippen LogP contribution in [0.5, 0.6) is 0 Å². The molecular formula is C31H21N3O2. The van der Waals surface area contributed by atoms with Crippen LogP contribution in [0.2, 0.25) is 0 Å². The lowest BCUT2D eigenvalue weighted by Gasteiger charge is -2.12. The van der Waals surface area contributed by atoms with Gasteiger partial charge >= 0.3 is 0 Å². The fourth-order valence-electron chi connectivity index (χ4n) is 4.66. The van der Waals surface area contributed by atoms with Crippen molar-refractivity contribution in [1.29, 1.82) is 0 Å². The Morgan fingerprint density at radius 1 is 0.639 bits per heavy atom. The van der Waals surface area contributed by atoms with Gasteiger partial charge in [0.25, 0.3) is 5.69 Å². The van der Waals surface area contributed by atoms with Crippen molar-refractivity contribution in [1.82, 2.24) is 9.55 Å². The number of para-hydroxylation sites is 1. The Bertz CT molecular complexity index is 1650. The van der Waals surface area contributed by atoms with Crippen molar-refractivity contribution < 1.29 is 4.92 Å². The molecule has 6 aromatic rings. The highest BCUT2D eigenvalue weighted by Crippen LogP contribution is 2.36. The summed E-state index contributed by atoms with van der Waals surface area (Å²) in [5, 5.41) is 12.6. The number of nitro benzene ring substituents is 1. The normalized spacial score (nSPS) is 11.0. The zero-order chi connectivity index (χ0) is 24.5. The Hall–Kier alpha value is -5.03. The van der Waals surface area contributed by atoms with Gasteiger partial charge in [0.1, 0.15) is 5.82 Å².